The molecule has 0 radical (unpaired) electrons. The minimum atomic E-state index is -5.49. The molecule has 1 aliphatic heterocycles. The molecule has 3 aromatic rings. The highest BCUT2D eigenvalue weighted by atomic mass is 32.2. The molecule has 36 heavy (non-hydrogen) atoms. The van der Waals surface area contributed by atoms with E-state index in [-0.39, 0.29) is 35.5 Å². The number of sulfonamides is 2. The van der Waals surface area contributed by atoms with Gasteiger partial charge in [-0.25, -0.2) is 30.5 Å². The predicted octanol–water partition coefficient (Wildman–Crippen LogP) is 1.58. The molecule has 2 atom stereocenters. The standard InChI is InChI=1S/C20H19F3N4O6S3/c21-20(22,23)36(32,33)25-10-14-15-11-26(12-16(14)15)35(30,31)19-9-13-5-1-2-6-17(13)27(19)34(28,29)18-7-3-4-8-24-18/h1-9,14-16,25H,10-12H2. The van der Waals surface area contributed by atoms with E-state index in [0.717, 1.165) is 8.28 Å². The Hall–Kier alpha value is -2.53. The summed E-state index contributed by atoms with van der Waals surface area (Å²) < 4.78 is 118. The Morgan fingerprint density at radius 2 is 1.56 bits per heavy atom. The van der Waals surface area contributed by atoms with E-state index in [9.17, 15) is 38.4 Å². The molecule has 1 saturated heterocycles. The molecule has 2 aliphatic rings. The van der Waals surface area contributed by atoms with E-state index in [0.29, 0.717) is 5.39 Å². The van der Waals surface area contributed by atoms with Crippen molar-refractivity contribution < 1.29 is 38.4 Å². The fraction of sp³-hybridized carbons (Fsp3) is 0.350. The number of hydrogen-bond donors (Lipinski definition) is 1. The van der Waals surface area contributed by atoms with Crippen molar-refractivity contribution in [1.29, 1.82) is 0 Å². The van der Waals surface area contributed by atoms with Crippen LogP contribution in [-0.4, -0.2) is 63.7 Å². The normalized spacial score (nSPS) is 23.1. The summed E-state index contributed by atoms with van der Waals surface area (Å²) in [4.78, 5) is 3.87. The Morgan fingerprint density at radius 1 is 0.917 bits per heavy atom. The second-order valence-corrected chi connectivity index (χ2v) is 14.0. The van der Waals surface area contributed by atoms with Gasteiger partial charge in [0, 0.05) is 31.2 Å². The van der Waals surface area contributed by atoms with E-state index in [1.54, 1.807) is 18.2 Å². The number of rotatable bonds is 7. The van der Waals surface area contributed by atoms with Crippen LogP contribution in [0.2, 0.25) is 0 Å². The quantitative estimate of drug-likeness (QED) is 0.460. The number of fused-ring (bicyclic) bond motifs is 2. The first-order valence-electron chi connectivity index (χ1n) is 10.6. The topological polar surface area (TPSA) is 136 Å². The Kier molecular flexibility index (Phi) is 5.75. The maximum absolute atomic E-state index is 13.6. The molecule has 2 unspecified atom stereocenters. The number of hydrogen-bond acceptors (Lipinski definition) is 7. The van der Waals surface area contributed by atoms with Crippen LogP contribution < -0.4 is 4.72 Å². The lowest BCUT2D eigenvalue weighted by atomic mass is 10.3. The van der Waals surface area contributed by atoms with Crippen LogP contribution in [0.5, 0.6) is 0 Å². The van der Waals surface area contributed by atoms with Crippen LogP contribution in [0.15, 0.2) is 64.8 Å². The van der Waals surface area contributed by atoms with Gasteiger partial charge in [0.15, 0.2) is 10.1 Å². The number of aromatic nitrogens is 2. The molecule has 1 aliphatic carbocycles. The van der Waals surface area contributed by atoms with Gasteiger partial charge in [-0.05, 0) is 42.0 Å². The lowest BCUT2D eigenvalue weighted by Crippen LogP contribution is -2.39. The van der Waals surface area contributed by atoms with Crippen LogP contribution >= 0.6 is 0 Å². The van der Waals surface area contributed by atoms with Gasteiger partial charge in [-0.15, -0.1) is 0 Å². The lowest BCUT2D eigenvalue weighted by molar-refractivity contribution is -0.0448. The molecule has 0 bridgehead atoms. The minimum Gasteiger partial charge on any atom is -0.243 e. The monoisotopic (exact) mass is 564 g/mol. The van der Waals surface area contributed by atoms with Gasteiger partial charge in [0.1, 0.15) is 0 Å². The molecule has 0 spiro atoms. The highest BCUT2D eigenvalue weighted by Crippen LogP contribution is 2.52. The van der Waals surface area contributed by atoms with Crippen LogP contribution in [0, 0.1) is 17.8 Å². The van der Waals surface area contributed by atoms with Crippen LogP contribution in [-0.2, 0) is 30.1 Å². The summed E-state index contributed by atoms with van der Waals surface area (Å²) in [7, 11) is -14.2. The first-order chi connectivity index (χ1) is 16.7. The highest BCUT2D eigenvalue weighted by molar-refractivity contribution is 7.92. The fourth-order valence-corrected chi connectivity index (χ4v) is 8.74. The largest absolute Gasteiger partial charge is 0.511 e. The number of pyridine rings is 1. The second-order valence-electron chi connectivity index (χ2n) is 8.59. The van der Waals surface area contributed by atoms with Crippen molar-refractivity contribution >= 4 is 41.0 Å². The van der Waals surface area contributed by atoms with Gasteiger partial charge in [0.25, 0.3) is 20.0 Å². The second kappa shape index (κ2) is 8.24. The van der Waals surface area contributed by atoms with Gasteiger partial charge in [-0.1, -0.05) is 24.3 Å². The van der Waals surface area contributed by atoms with Crippen LogP contribution in [0.1, 0.15) is 0 Å². The minimum absolute atomic E-state index is 0.0728. The summed E-state index contributed by atoms with van der Waals surface area (Å²) in [5.74, 6) is -1.14. The average Bonchev–Trinajstić information content (AvgIpc) is 3.15. The molecule has 16 heteroatoms. The summed E-state index contributed by atoms with van der Waals surface area (Å²) in [6, 6.07) is 11.7. The molecule has 1 aromatic carbocycles. The summed E-state index contributed by atoms with van der Waals surface area (Å²) in [6.45, 7) is -0.605. The maximum Gasteiger partial charge on any atom is 0.511 e. The molecule has 2 fully saturated rings. The van der Waals surface area contributed by atoms with Crippen LogP contribution in [0.3, 0.4) is 0 Å². The van der Waals surface area contributed by atoms with Crippen molar-refractivity contribution in [3.63, 3.8) is 0 Å². The average molecular weight is 565 g/mol. The van der Waals surface area contributed by atoms with Crippen molar-refractivity contribution in [2.24, 2.45) is 17.8 Å². The third kappa shape index (κ3) is 4.00. The zero-order valence-corrected chi connectivity index (χ0v) is 20.6. The molecule has 194 valence electrons. The smallest absolute Gasteiger partial charge is 0.243 e. The first kappa shape index (κ1) is 25.1. The Balaban J connectivity index is 1.43. The number of alkyl halides is 3. The zero-order valence-electron chi connectivity index (χ0n) is 18.2. The highest BCUT2D eigenvalue weighted by Gasteiger charge is 2.59. The summed E-state index contributed by atoms with van der Waals surface area (Å²) in [5.41, 5.74) is -5.29. The molecular formula is C20H19F3N4O6S3. The Bertz CT molecular complexity index is 1640. The first-order valence-corrected chi connectivity index (χ1v) is 14.9. The molecule has 1 N–H and O–H groups in total. The van der Waals surface area contributed by atoms with Gasteiger partial charge < -0.3 is 0 Å². The van der Waals surface area contributed by atoms with Crippen molar-refractivity contribution in [3.8, 4) is 0 Å². The van der Waals surface area contributed by atoms with E-state index in [2.05, 4.69) is 4.98 Å². The lowest BCUT2D eigenvalue weighted by Gasteiger charge is -2.21. The number of halogens is 3. The number of nitrogens with one attached hydrogen (secondary N) is 1. The van der Waals surface area contributed by atoms with Crippen LogP contribution in [0.25, 0.3) is 10.9 Å². The predicted molar refractivity (Wildman–Crippen MR) is 121 cm³/mol. The number of piperidine rings is 1. The van der Waals surface area contributed by atoms with Crippen molar-refractivity contribution in [3.05, 3.63) is 54.7 Å². The van der Waals surface area contributed by atoms with Crippen molar-refractivity contribution in [2.75, 3.05) is 19.6 Å². The number of nitrogens with zero attached hydrogens (tertiary/aromatic N) is 3. The van der Waals surface area contributed by atoms with Crippen molar-refractivity contribution in [2.45, 2.75) is 15.6 Å². The molecule has 1 saturated carbocycles. The van der Waals surface area contributed by atoms with E-state index in [4.69, 9.17) is 0 Å². The van der Waals surface area contributed by atoms with E-state index in [1.807, 2.05) is 0 Å². The molecule has 5 rings (SSSR count). The molecule has 2 aromatic heterocycles. The van der Waals surface area contributed by atoms with Gasteiger partial charge in [0.05, 0.1) is 5.52 Å². The van der Waals surface area contributed by atoms with E-state index < -0.39 is 53.1 Å². The zero-order chi connectivity index (χ0) is 26.1. The van der Waals surface area contributed by atoms with Gasteiger partial charge in [0.2, 0.25) is 0 Å². The third-order valence-corrected chi connectivity index (χ3v) is 11.3. The van der Waals surface area contributed by atoms with Crippen LogP contribution in [0.4, 0.5) is 13.2 Å². The molecule has 3 heterocycles. The van der Waals surface area contributed by atoms with Gasteiger partial charge >= 0.3 is 15.5 Å². The summed E-state index contributed by atoms with van der Waals surface area (Å²) >= 11 is 0. The van der Waals surface area contributed by atoms with E-state index >= 15 is 0 Å². The van der Waals surface area contributed by atoms with Crippen molar-refractivity contribution in [1.82, 2.24) is 18.0 Å². The van der Waals surface area contributed by atoms with Gasteiger partial charge in [-0.3, -0.25) is 0 Å². The maximum atomic E-state index is 13.6. The third-order valence-electron chi connectivity index (χ3n) is 6.53. The SMILES string of the molecule is O=S(=O)(c1cc2ccccc2n1S(=O)(=O)c1ccccn1)N1CC2C(CNS(=O)(=O)C(F)(F)F)C2C1. The summed E-state index contributed by atoms with van der Waals surface area (Å²) in [6.07, 6.45) is 1.27. The summed E-state index contributed by atoms with van der Waals surface area (Å²) in [5, 5.41) is -0.451. The number of para-hydroxylation sites is 1. The van der Waals surface area contributed by atoms with Gasteiger partial charge in [-0.2, -0.15) is 25.9 Å². The number of benzene rings is 1. The Morgan fingerprint density at radius 3 is 2.17 bits per heavy atom. The van der Waals surface area contributed by atoms with E-state index in [1.165, 1.54) is 41.3 Å². The molecule has 10 nitrogen and oxygen atoms in total. The molecular weight excluding hydrogens is 545 g/mol. The Labute approximate surface area is 204 Å². The molecule has 0 amide bonds. The fourth-order valence-electron chi connectivity index (χ4n) is 4.66.